The number of aromatic nitrogens is 2. The van der Waals surface area contributed by atoms with Crippen molar-refractivity contribution in [2.24, 2.45) is 0 Å². The highest BCUT2D eigenvalue weighted by Gasteiger charge is 2.23. The first kappa shape index (κ1) is 17.6. The van der Waals surface area contributed by atoms with Crippen LogP contribution in [0.15, 0.2) is 53.3 Å². The van der Waals surface area contributed by atoms with Gasteiger partial charge in [-0.15, -0.1) is 0 Å². The molecule has 5 rings (SSSR count). The van der Waals surface area contributed by atoms with Crippen molar-refractivity contribution in [2.75, 3.05) is 20.3 Å². The van der Waals surface area contributed by atoms with Crippen LogP contribution in [0.4, 0.5) is 0 Å². The summed E-state index contributed by atoms with van der Waals surface area (Å²) in [5.74, 6) is 2.50. The molecule has 1 aromatic heterocycles. The highest BCUT2D eigenvalue weighted by atomic mass is 16.6. The van der Waals surface area contributed by atoms with E-state index in [2.05, 4.69) is 4.98 Å². The van der Waals surface area contributed by atoms with Crippen LogP contribution in [-0.2, 0) is 13.0 Å². The molecule has 0 aliphatic carbocycles. The molecule has 3 aromatic rings. The molecule has 2 aromatic carbocycles. The van der Waals surface area contributed by atoms with Crippen LogP contribution in [0.1, 0.15) is 5.56 Å². The molecule has 1 unspecified atom stereocenters. The molecule has 3 heterocycles. The first-order chi connectivity index (χ1) is 14.2. The molecule has 0 radical (unpaired) electrons. The molecule has 148 valence electrons. The largest absolute Gasteiger partial charge is 0.497 e. The predicted octanol–water partition coefficient (Wildman–Crippen LogP) is 2.69. The van der Waals surface area contributed by atoms with Crippen molar-refractivity contribution < 1.29 is 18.9 Å². The molecule has 0 saturated heterocycles. The second kappa shape index (κ2) is 7.16. The minimum Gasteiger partial charge on any atom is -0.497 e. The summed E-state index contributed by atoms with van der Waals surface area (Å²) >= 11 is 0. The Morgan fingerprint density at radius 2 is 2.03 bits per heavy atom. The van der Waals surface area contributed by atoms with Crippen LogP contribution in [0.2, 0.25) is 0 Å². The summed E-state index contributed by atoms with van der Waals surface area (Å²) in [6.07, 6.45) is 0.482. The third-order valence-corrected chi connectivity index (χ3v) is 5.17. The lowest BCUT2D eigenvalue weighted by Gasteiger charge is -2.26. The topological polar surface area (TPSA) is 71.8 Å². The predicted molar refractivity (Wildman–Crippen MR) is 106 cm³/mol. The summed E-state index contributed by atoms with van der Waals surface area (Å²) in [4.78, 5) is 16.6. The normalized spacial score (nSPS) is 16.5. The monoisotopic (exact) mass is 392 g/mol. The van der Waals surface area contributed by atoms with E-state index in [-0.39, 0.29) is 24.3 Å². The Hall–Kier alpha value is -3.48. The van der Waals surface area contributed by atoms with E-state index in [1.54, 1.807) is 11.7 Å². The molecule has 0 saturated carbocycles. The SMILES string of the molecule is COc1ccc2c(c1)CCn1c-2cc(OCC2COc3ccccc3O2)nc1=O. The van der Waals surface area contributed by atoms with Crippen LogP contribution in [-0.4, -0.2) is 36.0 Å². The first-order valence-electron chi connectivity index (χ1n) is 9.52. The van der Waals surface area contributed by atoms with E-state index in [0.29, 0.717) is 18.9 Å². The summed E-state index contributed by atoms with van der Waals surface area (Å²) in [6, 6.07) is 15.2. The standard InChI is InChI=1S/C22H20N2O5/c1-26-15-6-7-17-14(10-15)8-9-24-18(17)11-21(23-22(24)25)28-13-16-12-27-19-4-2-3-5-20(19)29-16/h2-7,10-11,16H,8-9,12-13H2,1H3. The molecule has 1 atom stereocenters. The number of benzene rings is 2. The van der Waals surface area contributed by atoms with Crippen molar-refractivity contribution in [3.63, 3.8) is 0 Å². The van der Waals surface area contributed by atoms with Crippen molar-refractivity contribution in [3.8, 4) is 34.4 Å². The summed E-state index contributed by atoms with van der Waals surface area (Å²) in [5.41, 5.74) is 2.62. The second-order valence-corrected chi connectivity index (χ2v) is 7.00. The Balaban J connectivity index is 1.37. The van der Waals surface area contributed by atoms with Gasteiger partial charge in [0, 0.05) is 18.2 Å². The van der Waals surface area contributed by atoms with Crippen LogP contribution in [0.3, 0.4) is 0 Å². The third-order valence-electron chi connectivity index (χ3n) is 5.17. The van der Waals surface area contributed by atoms with Gasteiger partial charge < -0.3 is 18.9 Å². The van der Waals surface area contributed by atoms with Gasteiger partial charge in [-0.05, 0) is 42.3 Å². The zero-order valence-corrected chi connectivity index (χ0v) is 16.0. The number of fused-ring (bicyclic) bond motifs is 4. The zero-order valence-electron chi connectivity index (χ0n) is 16.0. The first-order valence-corrected chi connectivity index (χ1v) is 9.52. The van der Waals surface area contributed by atoms with Crippen LogP contribution >= 0.6 is 0 Å². The molecule has 0 amide bonds. The molecule has 2 aliphatic rings. The Kier molecular flexibility index (Phi) is 4.35. The van der Waals surface area contributed by atoms with Crippen molar-refractivity contribution in [3.05, 3.63) is 64.6 Å². The minimum absolute atomic E-state index is 0.236. The van der Waals surface area contributed by atoms with Gasteiger partial charge in [-0.2, -0.15) is 4.98 Å². The highest BCUT2D eigenvalue weighted by Crippen LogP contribution is 2.33. The molecule has 7 heteroatoms. The van der Waals surface area contributed by atoms with Gasteiger partial charge in [-0.25, -0.2) is 4.79 Å². The van der Waals surface area contributed by atoms with E-state index in [0.717, 1.165) is 34.7 Å². The van der Waals surface area contributed by atoms with Crippen molar-refractivity contribution in [1.29, 1.82) is 0 Å². The van der Waals surface area contributed by atoms with E-state index in [9.17, 15) is 4.79 Å². The molecule has 0 N–H and O–H groups in total. The summed E-state index contributed by atoms with van der Waals surface area (Å²) < 4.78 is 24.4. The molecule has 29 heavy (non-hydrogen) atoms. The molecular weight excluding hydrogens is 372 g/mol. The van der Waals surface area contributed by atoms with E-state index in [4.69, 9.17) is 18.9 Å². The Morgan fingerprint density at radius 1 is 1.17 bits per heavy atom. The number of ether oxygens (including phenoxy) is 4. The van der Waals surface area contributed by atoms with E-state index in [1.165, 1.54) is 0 Å². The zero-order chi connectivity index (χ0) is 19.8. The Morgan fingerprint density at radius 3 is 2.90 bits per heavy atom. The second-order valence-electron chi connectivity index (χ2n) is 7.00. The average molecular weight is 392 g/mol. The Bertz CT molecular complexity index is 1120. The maximum atomic E-state index is 12.5. The lowest BCUT2D eigenvalue weighted by Crippen LogP contribution is -2.35. The van der Waals surface area contributed by atoms with Gasteiger partial charge in [0.1, 0.15) is 19.0 Å². The third kappa shape index (κ3) is 3.29. The Labute approximate surface area is 167 Å². The number of nitrogens with zero attached hydrogens (tertiary/aromatic N) is 2. The summed E-state index contributed by atoms with van der Waals surface area (Å²) in [5, 5.41) is 0. The fourth-order valence-electron chi connectivity index (χ4n) is 3.71. The number of rotatable bonds is 4. The maximum absolute atomic E-state index is 12.5. The van der Waals surface area contributed by atoms with Gasteiger partial charge in [0.2, 0.25) is 5.88 Å². The number of methoxy groups -OCH3 is 1. The van der Waals surface area contributed by atoms with Crippen LogP contribution < -0.4 is 24.6 Å². The number of aryl methyl sites for hydroxylation is 1. The van der Waals surface area contributed by atoms with Gasteiger partial charge in [-0.1, -0.05) is 12.1 Å². The molecule has 2 aliphatic heterocycles. The smallest absolute Gasteiger partial charge is 0.351 e. The van der Waals surface area contributed by atoms with Crippen LogP contribution in [0.25, 0.3) is 11.3 Å². The fraction of sp³-hybridized carbons (Fsp3) is 0.273. The molecule has 0 fully saturated rings. The molecule has 0 bridgehead atoms. The van der Waals surface area contributed by atoms with Crippen molar-refractivity contribution >= 4 is 0 Å². The van der Waals surface area contributed by atoms with Gasteiger partial charge in [0.25, 0.3) is 0 Å². The van der Waals surface area contributed by atoms with Gasteiger partial charge in [0.15, 0.2) is 17.6 Å². The van der Waals surface area contributed by atoms with Gasteiger partial charge in [-0.3, -0.25) is 4.57 Å². The summed E-state index contributed by atoms with van der Waals surface area (Å²) in [6.45, 7) is 1.20. The van der Waals surface area contributed by atoms with E-state index in [1.807, 2.05) is 48.5 Å². The fourth-order valence-corrected chi connectivity index (χ4v) is 3.71. The van der Waals surface area contributed by atoms with Gasteiger partial charge in [0.05, 0.1) is 12.8 Å². The summed E-state index contributed by atoms with van der Waals surface area (Å²) in [7, 11) is 1.65. The minimum atomic E-state index is -0.315. The lowest BCUT2D eigenvalue weighted by atomic mass is 9.97. The average Bonchev–Trinajstić information content (AvgIpc) is 2.77. The van der Waals surface area contributed by atoms with Crippen LogP contribution in [0.5, 0.6) is 23.1 Å². The quantitative estimate of drug-likeness (QED) is 0.680. The lowest BCUT2D eigenvalue weighted by molar-refractivity contribution is 0.0520. The number of hydrogen-bond acceptors (Lipinski definition) is 6. The van der Waals surface area contributed by atoms with Crippen molar-refractivity contribution in [2.45, 2.75) is 19.1 Å². The van der Waals surface area contributed by atoms with Gasteiger partial charge >= 0.3 is 5.69 Å². The maximum Gasteiger partial charge on any atom is 0.351 e. The van der Waals surface area contributed by atoms with E-state index >= 15 is 0 Å². The molecule has 7 nitrogen and oxygen atoms in total. The van der Waals surface area contributed by atoms with E-state index < -0.39 is 0 Å². The highest BCUT2D eigenvalue weighted by molar-refractivity contribution is 5.67. The molecule has 0 spiro atoms. The number of hydrogen-bond donors (Lipinski definition) is 0. The van der Waals surface area contributed by atoms with Crippen molar-refractivity contribution in [1.82, 2.24) is 9.55 Å². The van der Waals surface area contributed by atoms with Crippen LogP contribution in [0, 0.1) is 0 Å². The number of para-hydroxylation sites is 2. The molecular formula is C22H20N2O5.